The summed E-state index contributed by atoms with van der Waals surface area (Å²) in [5.74, 6) is -2.90. The number of ether oxygens (including phenoxy) is 1. The molecule has 0 fully saturated rings. The zero-order valence-corrected chi connectivity index (χ0v) is 20.0. The molecule has 1 N–H and O–H groups in total. The summed E-state index contributed by atoms with van der Waals surface area (Å²) >= 11 is 0. The molecule has 188 valence electrons. The number of aliphatic hydroxyl groups is 1. The molecule has 1 aromatic carbocycles. The molecular weight excluding hydrogens is 470 g/mol. The first kappa shape index (κ1) is 29.2. The molecule has 1 aromatic rings. The van der Waals surface area contributed by atoms with Crippen LogP contribution < -0.4 is 0 Å². The van der Waals surface area contributed by atoms with E-state index < -0.39 is 56.4 Å². The Labute approximate surface area is 190 Å². The summed E-state index contributed by atoms with van der Waals surface area (Å²) in [6.07, 6.45) is -18.6. The Kier molecular flexibility index (Phi) is 10.2. The molecule has 0 aliphatic rings. The average molecular weight is 501 g/mol. The lowest BCUT2D eigenvalue weighted by Crippen LogP contribution is -2.46. The second-order valence-electron chi connectivity index (χ2n) is 7.89. The zero-order valence-electron chi connectivity index (χ0n) is 19.0. The molecule has 11 heteroatoms. The molecule has 0 saturated carbocycles. The molecule has 0 aromatic heterocycles. The second kappa shape index (κ2) is 11.5. The Balaban J connectivity index is 3.20. The Hall–Kier alpha value is -1.85. The van der Waals surface area contributed by atoms with Gasteiger partial charge in [0, 0.05) is 5.92 Å². The van der Waals surface area contributed by atoms with E-state index in [1.54, 1.807) is 30.3 Å². The van der Waals surface area contributed by atoms with E-state index in [0.29, 0.717) is 5.56 Å². The van der Waals surface area contributed by atoms with Crippen molar-refractivity contribution in [2.45, 2.75) is 76.5 Å². The van der Waals surface area contributed by atoms with Gasteiger partial charge in [-0.15, -0.1) is 0 Å². The number of hydrogen-bond donors (Lipinski definition) is 1. The Morgan fingerprint density at radius 1 is 1.00 bits per heavy atom. The lowest BCUT2D eigenvalue weighted by atomic mass is 9.89. The van der Waals surface area contributed by atoms with Crippen LogP contribution in [0.25, 0.3) is 0 Å². The van der Waals surface area contributed by atoms with Gasteiger partial charge >= 0.3 is 18.3 Å². The van der Waals surface area contributed by atoms with Crippen molar-refractivity contribution in [2.24, 2.45) is 5.92 Å². The molecule has 0 aliphatic heterocycles. The largest absolute Gasteiger partial charge is 0.439 e. The fraction of sp³-hybridized carbons (Fsp3) is 0.591. The van der Waals surface area contributed by atoms with Crippen molar-refractivity contribution in [1.82, 2.24) is 0 Å². The third-order valence-corrected chi connectivity index (χ3v) is 10.5. The third kappa shape index (κ3) is 7.58. The quantitative estimate of drug-likeness (QED) is 0.167. The van der Waals surface area contributed by atoms with E-state index in [1.165, 1.54) is 6.92 Å². The summed E-state index contributed by atoms with van der Waals surface area (Å²) in [6.45, 7) is 10.7. The number of rotatable bonds is 11. The number of halogens is 6. The van der Waals surface area contributed by atoms with E-state index in [4.69, 9.17) is 4.43 Å². The van der Waals surface area contributed by atoms with Crippen molar-refractivity contribution in [3.63, 3.8) is 0 Å². The van der Waals surface area contributed by atoms with Crippen LogP contribution in [0.5, 0.6) is 0 Å². The Bertz CT molecular complexity index is 755. The summed E-state index contributed by atoms with van der Waals surface area (Å²) in [5, 5.41) is 10.7. The molecular formula is C22H30F6O4Si. The predicted octanol–water partition coefficient (Wildman–Crippen LogP) is 6.34. The summed E-state index contributed by atoms with van der Waals surface area (Å²) in [4.78, 5) is 12.1. The van der Waals surface area contributed by atoms with Gasteiger partial charge in [0.1, 0.15) is 0 Å². The topological polar surface area (TPSA) is 55.8 Å². The van der Waals surface area contributed by atoms with Gasteiger partial charge in [0.2, 0.25) is 0 Å². The van der Waals surface area contributed by atoms with Crippen molar-refractivity contribution in [2.75, 3.05) is 0 Å². The maximum absolute atomic E-state index is 12.7. The highest BCUT2D eigenvalue weighted by Gasteiger charge is 2.60. The molecule has 1 rings (SSSR count). The van der Waals surface area contributed by atoms with Crippen LogP contribution in [0.1, 0.15) is 39.4 Å². The fourth-order valence-corrected chi connectivity index (χ4v) is 6.39. The number of alkyl halides is 6. The molecule has 4 nitrogen and oxygen atoms in total. The molecule has 33 heavy (non-hydrogen) atoms. The maximum atomic E-state index is 12.7. The van der Waals surface area contributed by atoms with Crippen LogP contribution in [0.15, 0.2) is 42.5 Å². The zero-order chi connectivity index (χ0) is 25.6. The molecule has 0 bridgehead atoms. The minimum absolute atomic E-state index is 0.654. The van der Waals surface area contributed by atoms with E-state index in [0.717, 1.165) is 18.1 Å². The number of aliphatic hydroxyl groups excluding tert-OH is 1. The first-order valence-electron chi connectivity index (χ1n) is 10.6. The molecule has 3 atom stereocenters. The highest BCUT2D eigenvalue weighted by Crippen LogP contribution is 2.39. The smallest absolute Gasteiger partial charge is 0.434 e. The summed E-state index contributed by atoms with van der Waals surface area (Å²) in [7, 11) is -2.26. The predicted molar refractivity (Wildman–Crippen MR) is 114 cm³/mol. The maximum Gasteiger partial charge on any atom is 0.434 e. The molecule has 0 saturated heterocycles. The van der Waals surface area contributed by atoms with E-state index in [1.807, 2.05) is 20.8 Å². The summed E-state index contributed by atoms with van der Waals surface area (Å²) < 4.78 is 86.7. The van der Waals surface area contributed by atoms with Gasteiger partial charge in [-0.3, -0.25) is 0 Å². The fourth-order valence-electron chi connectivity index (χ4n) is 3.50. The minimum atomic E-state index is -5.87. The molecule has 0 unspecified atom stereocenters. The molecule has 0 heterocycles. The standard InChI is InChI=1S/C22H30F6O4Si/c1-6-33(7-2,8-3)32-18(16-12-10-9-11-13-16)14(4)17(29)15(5)19(30)31-20(21(23,24)25)22(26,27)28/h9-14,17-18,20,29H,5-8H2,1-4H3/t14-,17-,18+/m0/s1. The van der Waals surface area contributed by atoms with Crippen molar-refractivity contribution in [3.05, 3.63) is 48.0 Å². The van der Waals surface area contributed by atoms with Crippen molar-refractivity contribution in [1.29, 1.82) is 0 Å². The van der Waals surface area contributed by atoms with Crippen molar-refractivity contribution < 1.29 is 45.4 Å². The van der Waals surface area contributed by atoms with Crippen LogP contribution in [0.3, 0.4) is 0 Å². The van der Waals surface area contributed by atoms with Crippen LogP contribution in [0.2, 0.25) is 18.1 Å². The number of carbonyl (C=O) groups excluding carboxylic acids is 1. The van der Waals surface area contributed by atoms with Gasteiger partial charge in [0.25, 0.3) is 6.10 Å². The van der Waals surface area contributed by atoms with Crippen LogP contribution in [-0.4, -0.2) is 44.0 Å². The Morgan fingerprint density at radius 3 is 1.85 bits per heavy atom. The van der Waals surface area contributed by atoms with Gasteiger partial charge < -0.3 is 14.3 Å². The number of carbonyl (C=O) groups is 1. The van der Waals surface area contributed by atoms with Crippen LogP contribution in [-0.2, 0) is 14.0 Å². The summed E-state index contributed by atoms with van der Waals surface area (Å²) in [6, 6.07) is 11.0. The van der Waals surface area contributed by atoms with Gasteiger partial charge in [-0.25, -0.2) is 4.79 Å². The van der Waals surface area contributed by atoms with E-state index in [9.17, 15) is 36.2 Å². The van der Waals surface area contributed by atoms with Gasteiger partial charge in [0.15, 0.2) is 8.32 Å². The molecule has 0 aliphatic carbocycles. The van der Waals surface area contributed by atoms with Gasteiger partial charge in [-0.2, -0.15) is 26.3 Å². The lowest BCUT2D eigenvalue weighted by molar-refractivity contribution is -0.312. The average Bonchev–Trinajstić information content (AvgIpc) is 2.76. The number of esters is 1. The monoisotopic (exact) mass is 500 g/mol. The minimum Gasteiger partial charge on any atom is -0.439 e. The SMILES string of the molecule is C=C(C(=O)OC(C(F)(F)F)C(F)(F)F)[C@@H](O)[C@H](C)[C@@H](O[Si](CC)(CC)CC)c1ccccc1. The Morgan fingerprint density at radius 2 is 1.45 bits per heavy atom. The lowest BCUT2D eigenvalue weighted by Gasteiger charge is -2.38. The highest BCUT2D eigenvalue weighted by atomic mass is 28.4. The van der Waals surface area contributed by atoms with E-state index in [-0.39, 0.29) is 0 Å². The van der Waals surface area contributed by atoms with Gasteiger partial charge in [0.05, 0.1) is 17.8 Å². The molecule has 0 radical (unpaired) electrons. The van der Waals surface area contributed by atoms with Crippen molar-refractivity contribution in [3.8, 4) is 0 Å². The summed E-state index contributed by atoms with van der Waals surface area (Å²) in [5.41, 5.74) is -0.261. The number of hydrogen-bond acceptors (Lipinski definition) is 4. The normalized spacial score (nSPS) is 15.8. The van der Waals surface area contributed by atoms with Gasteiger partial charge in [-0.1, -0.05) is 64.6 Å². The van der Waals surface area contributed by atoms with Crippen LogP contribution in [0.4, 0.5) is 26.3 Å². The first-order chi connectivity index (χ1) is 15.1. The van der Waals surface area contributed by atoms with Gasteiger partial charge in [-0.05, 0) is 23.7 Å². The van der Waals surface area contributed by atoms with E-state index >= 15 is 0 Å². The molecule has 0 amide bonds. The third-order valence-electron chi connectivity index (χ3n) is 5.85. The van der Waals surface area contributed by atoms with Crippen LogP contribution >= 0.6 is 0 Å². The van der Waals surface area contributed by atoms with E-state index in [2.05, 4.69) is 11.3 Å². The highest BCUT2D eigenvalue weighted by molar-refractivity contribution is 6.73. The second-order valence-corrected chi connectivity index (χ2v) is 12.6. The molecule has 0 spiro atoms. The number of benzene rings is 1. The van der Waals surface area contributed by atoms with Crippen molar-refractivity contribution >= 4 is 14.3 Å². The first-order valence-corrected chi connectivity index (χ1v) is 13.1. The van der Waals surface area contributed by atoms with Crippen LogP contribution in [0, 0.1) is 5.92 Å².